The van der Waals surface area contributed by atoms with Crippen LogP contribution in [0.25, 0.3) is 0 Å². The van der Waals surface area contributed by atoms with Gasteiger partial charge in [-0.3, -0.25) is 0 Å². The van der Waals surface area contributed by atoms with Gasteiger partial charge in [0.1, 0.15) is 0 Å². The number of halogens is 6. The fourth-order valence-corrected chi connectivity index (χ4v) is 8.32. The molecular weight excluding hydrogens is 644 g/mol. The highest BCUT2D eigenvalue weighted by atomic mass is 32.2. The Balaban J connectivity index is 2.05. The normalized spacial score (nSPS) is 19.2. The molecule has 1 N–H and O–H groups in total. The van der Waals surface area contributed by atoms with Crippen LogP contribution in [0.3, 0.4) is 0 Å². The van der Waals surface area contributed by atoms with E-state index in [9.17, 15) is 48.3 Å². The fraction of sp³-hybridized carbons (Fsp3) is 0.538. The molecular formula is C26H33F6N3O5S3. The first-order valence-corrected chi connectivity index (χ1v) is 16.5. The van der Waals surface area contributed by atoms with Gasteiger partial charge in [0, 0.05) is 43.3 Å². The van der Waals surface area contributed by atoms with Crippen molar-refractivity contribution in [2.24, 2.45) is 5.92 Å². The molecule has 1 unspecified atom stereocenters. The molecule has 0 amide bonds. The molecule has 242 valence electrons. The van der Waals surface area contributed by atoms with Gasteiger partial charge in [0.05, 0.1) is 10.9 Å². The number of thiol groups is 1. The summed E-state index contributed by atoms with van der Waals surface area (Å²) in [5.74, 6) is -2.50. The van der Waals surface area contributed by atoms with Crippen molar-refractivity contribution in [3.8, 4) is 0 Å². The highest BCUT2D eigenvalue weighted by Gasteiger charge is 2.51. The molecule has 1 saturated heterocycles. The second-order valence-corrected chi connectivity index (χ2v) is 15.2. The number of sulfonamides is 2. The van der Waals surface area contributed by atoms with Gasteiger partial charge in [-0.25, -0.2) is 16.8 Å². The second kappa shape index (κ2) is 12.7. The van der Waals surface area contributed by atoms with Crippen LogP contribution in [0.5, 0.6) is 0 Å². The van der Waals surface area contributed by atoms with Crippen LogP contribution >= 0.6 is 12.6 Å². The van der Waals surface area contributed by atoms with Crippen LogP contribution in [0.15, 0.2) is 58.3 Å². The minimum absolute atomic E-state index is 0.0670. The van der Waals surface area contributed by atoms with Crippen molar-refractivity contribution in [3.05, 3.63) is 54.1 Å². The van der Waals surface area contributed by atoms with Crippen molar-refractivity contribution in [1.29, 1.82) is 0 Å². The maximum absolute atomic E-state index is 13.5. The summed E-state index contributed by atoms with van der Waals surface area (Å²) in [5.41, 5.74) is -3.38. The number of hydrogen-bond donors (Lipinski definition) is 2. The first-order valence-electron chi connectivity index (χ1n) is 13.1. The molecule has 0 aromatic heterocycles. The highest BCUT2D eigenvalue weighted by Crippen LogP contribution is 2.39. The Morgan fingerprint density at radius 1 is 0.977 bits per heavy atom. The first kappa shape index (κ1) is 35.4. The molecule has 3 rings (SSSR count). The van der Waals surface area contributed by atoms with E-state index in [1.165, 1.54) is 30.3 Å². The van der Waals surface area contributed by atoms with E-state index in [-0.39, 0.29) is 47.6 Å². The number of anilines is 1. The maximum atomic E-state index is 13.5. The van der Waals surface area contributed by atoms with Gasteiger partial charge < -0.3 is 10.0 Å². The van der Waals surface area contributed by atoms with Crippen molar-refractivity contribution in [1.82, 2.24) is 8.61 Å². The van der Waals surface area contributed by atoms with Crippen LogP contribution in [0, 0.1) is 5.92 Å². The fourth-order valence-electron chi connectivity index (χ4n) is 4.74. The molecule has 2 aromatic rings. The molecule has 0 bridgehead atoms. The zero-order valence-corrected chi connectivity index (χ0v) is 26.0. The van der Waals surface area contributed by atoms with E-state index in [1.54, 1.807) is 24.8 Å². The standard InChI is InChI=1S/C26H33F6N3O5S3/c1-18(2)14-34(42(37,38)17-25(27,28)29)16-21-15-33(43(39,40)23-7-5-4-6-22(23)41)12-13-35(21)20-10-8-19(9-11-20)24(3,36)26(30,31)32/h4-11,18,21,36,41H,12-17H2,1-3H3/t21-,24?/m1/s1. The Morgan fingerprint density at radius 2 is 1.56 bits per heavy atom. The molecule has 2 aromatic carbocycles. The Kier molecular flexibility index (Phi) is 10.5. The molecule has 8 nitrogen and oxygen atoms in total. The summed E-state index contributed by atoms with van der Waals surface area (Å²) in [6.07, 6.45) is -10.0. The SMILES string of the molecule is CC(C)CN(C[C@H]1CN(S(=O)(=O)c2ccccc2S)CCN1c1ccc(C(C)(O)C(F)(F)F)cc1)S(=O)(=O)CC(F)(F)F. The Hall–Kier alpha value is -2.05. The minimum Gasteiger partial charge on any atom is -0.376 e. The quantitative estimate of drug-likeness (QED) is 0.285. The molecule has 2 atom stereocenters. The maximum Gasteiger partial charge on any atom is 0.421 e. The molecule has 0 saturated carbocycles. The Labute approximate surface area is 252 Å². The van der Waals surface area contributed by atoms with E-state index < -0.39 is 61.9 Å². The Morgan fingerprint density at radius 3 is 2.07 bits per heavy atom. The monoisotopic (exact) mass is 677 g/mol. The summed E-state index contributed by atoms with van der Waals surface area (Å²) in [7, 11) is -9.06. The lowest BCUT2D eigenvalue weighted by molar-refractivity contribution is -0.258. The second-order valence-electron chi connectivity index (χ2n) is 10.9. The molecule has 0 radical (unpaired) electrons. The van der Waals surface area contributed by atoms with Gasteiger partial charge in [-0.05, 0) is 42.7 Å². The summed E-state index contributed by atoms with van der Waals surface area (Å²) in [5, 5.41) is 10.0. The minimum atomic E-state index is -5.03. The molecule has 1 aliphatic heterocycles. The van der Waals surface area contributed by atoms with Crippen molar-refractivity contribution in [2.45, 2.75) is 54.6 Å². The molecule has 0 aliphatic carbocycles. The van der Waals surface area contributed by atoms with E-state index in [1.807, 2.05) is 0 Å². The number of aliphatic hydroxyl groups is 1. The molecule has 1 fully saturated rings. The van der Waals surface area contributed by atoms with Crippen LogP contribution < -0.4 is 4.90 Å². The summed E-state index contributed by atoms with van der Waals surface area (Å²) < 4.78 is 134. The summed E-state index contributed by atoms with van der Waals surface area (Å²) in [4.78, 5) is 1.58. The van der Waals surface area contributed by atoms with Gasteiger partial charge in [-0.1, -0.05) is 38.1 Å². The molecule has 17 heteroatoms. The first-order chi connectivity index (χ1) is 19.6. The average molecular weight is 678 g/mol. The van der Waals surface area contributed by atoms with Crippen LogP contribution in [0.1, 0.15) is 26.3 Å². The van der Waals surface area contributed by atoms with Gasteiger partial charge in [-0.2, -0.15) is 35.0 Å². The third-order valence-corrected chi connectivity index (χ3v) is 11.2. The van der Waals surface area contributed by atoms with E-state index >= 15 is 0 Å². The molecule has 43 heavy (non-hydrogen) atoms. The zero-order chi connectivity index (χ0) is 32.6. The average Bonchev–Trinajstić information content (AvgIpc) is 2.86. The van der Waals surface area contributed by atoms with E-state index in [2.05, 4.69) is 12.6 Å². The van der Waals surface area contributed by atoms with Crippen molar-refractivity contribution >= 4 is 38.4 Å². The lowest BCUT2D eigenvalue weighted by Gasteiger charge is -2.44. The largest absolute Gasteiger partial charge is 0.421 e. The number of benzene rings is 2. The van der Waals surface area contributed by atoms with E-state index in [0.717, 1.165) is 16.4 Å². The van der Waals surface area contributed by atoms with Crippen molar-refractivity contribution < 1.29 is 48.3 Å². The van der Waals surface area contributed by atoms with E-state index in [0.29, 0.717) is 11.2 Å². The number of nitrogens with zero attached hydrogens (tertiary/aromatic N) is 3. The zero-order valence-electron chi connectivity index (χ0n) is 23.5. The lowest BCUT2D eigenvalue weighted by atomic mass is 9.95. The van der Waals surface area contributed by atoms with Crippen LogP contribution in [-0.4, -0.2) is 87.4 Å². The Bertz CT molecular complexity index is 1480. The van der Waals surface area contributed by atoms with Crippen LogP contribution in [-0.2, 0) is 25.6 Å². The molecule has 1 heterocycles. The van der Waals surface area contributed by atoms with Gasteiger partial charge in [0.15, 0.2) is 11.4 Å². The summed E-state index contributed by atoms with van der Waals surface area (Å²) in [6, 6.07) is 9.42. The van der Waals surface area contributed by atoms with Crippen molar-refractivity contribution in [3.63, 3.8) is 0 Å². The number of hydrogen-bond acceptors (Lipinski definition) is 7. The molecule has 1 aliphatic rings. The summed E-state index contributed by atoms with van der Waals surface area (Å²) >= 11 is 4.22. The lowest BCUT2D eigenvalue weighted by Crippen LogP contribution is -2.59. The third kappa shape index (κ3) is 8.36. The number of alkyl halides is 6. The van der Waals surface area contributed by atoms with Gasteiger partial charge in [-0.15, -0.1) is 12.6 Å². The van der Waals surface area contributed by atoms with Crippen molar-refractivity contribution in [2.75, 3.05) is 43.4 Å². The number of rotatable bonds is 10. The predicted octanol–water partition coefficient (Wildman–Crippen LogP) is 4.47. The summed E-state index contributed by atoms with van der Waals surface area (Å²) in [6.45, 7) is 2.45. The predicted molar refractivity (Wildman–Crippen MR) is 152 cm³/mol. The molecule has 0 spiro atoms. The highest BCUT2D eigenvalue weighted by molar-refractivity contribution is 7.90. The van der Waals surface area contributed by atoms with Gasteiger partial charge >= 0.3 is 12.4 Å². The number of piperazine rings is 1. The third-order valence-electron chi connectivity index (χ3n) is 6.96. The van der Waals surface area contributed by atoms with Gasteiger partial charge in [0.25, 0.3) is 0 Å². The van der Waals surface area contributed by atoms with E-state index in [4.69, 9.17) is 0 Å². The smallest absolute Gasteiger partial charge is 0.376 e. The van der Waals surface area contributed by atoms with Crippen LogP contribution in [0.4, 0.5) is 32.0 Å². The topological polar surface area (TPSA) is 98.2 Å². The van der Waals surface area contributed by atoms with Crippen LogP contribution in [0.2, 0.25) is 0 Å². The van der Waals surface area contributed by atoms with Gasteiger partial charge in [0.2, 0.25) is 20.0 Å².